The molecule has 2 N–H and O–H groups in total. The Labute approximate surface area is 145 Å². The van der Waals surface area contributed by atoms with Gasteiger partial charge in [0.05, 0.1) is 25.3 Å². The fourth-order valence-corrected chi connectivity index (χ4v) is 3.21. The largest absolute Gasteiger partial charge is 0.493 e. The van der Waals surface area contributed by atoms with Crippen LogP contribution in [0.4, 0.5) is 0 Å². The first-order chi connectivity index (χ1) is 12.0. The standard InChI is InChI=1S/C17H17N3O4S/c1-23-16-8-7-13(9-17(16)24-2)25(21,22)20-19-11-12-10-18-15-6-4-3-5-14(12)15/h3-11,18,20H,1-2H3/b19-11-. The molecule has 1 aromatic heterocycles. The maximum absolute atomic E-state index is 12.4. The number of ether oxygens (including phenoxy) is 2. The van der Waals surface area contributed by atoms with Gasteiger partial charge in [-0.05, 0) is 18.2 Å². The van der Waals surface area contributed by atoms with E-state index in [9.17, 15) is 8.42 Å². The minimum atomic E-state index is -3.82. The highest BCUT2D eigenvalue weighted by atomic mass is 32.2. The van der Waals surface area contributed by atoms with Gasteiger partial charge in [-0.15, -0.1) is 0 Å². The van der Waals surface area contributed by atoms with E-state index in [0.717, 1.165) is 16.5 Å². The molecule has 0 bridgehead atoms. The van der Waals surface area contributed by atoms with Gasteiger partial charge in [-0.2, -0.15) is 13.5 Å². The number of para-hydroxylation sites is 1. The van der Waals surface area contributed by atoms with Gasteiger partial charge < -0.3 is 14.5 Å². The Morgan fingerprint density at radius 2 is 1.84 bits per heavy atom. The van der Waals surface area contributed by atoms with Gasteiger partial charge >= 0.3 is 0 Å². The number of rotatable bonds is 6. The summed E-state index contributed by atoms with van der Waals surface area (Å²) >= 11 is 0. The number of aromatic nitrogens is 1. The minimum absolute atomic E-state index is 0.0289. The molecule has 0 saturated heterocycles. The summed E-state index contributed by atoms with van der Waals surface area (Å²) < 4.78 is 35.0. The molecule has 0 unspecified atom stereocenters. The van der Waals surface area contributed by atoms with Crippen LogP contribution in [-0.2, 0) is 10.0 Å². The zero-order valence-electron chi connectivity index (χ0n) is 13.7. The lowest BCUT2D eigenvalue weighted by molar-refractivity contribution is 0.354. The van der Waals surface area contributed by atoms with E-state index in [0.29, 0.717) is 11.5 Å². The lowest BCUT2D eigenvalue weighted by Crippen LogP contribution is -2.18. The quantitative estimate of drug-likeness (QED) is 0.522. The van der Waals surface area contributed by atoms with Crippen LogP contribution in [0.25, 0.3) is 10.9 Å². The smallest absolute Gasteiger partial charge is 0.276 e. The summed E-state index contributed by atoms with van der Waals surface area (Å²) in [5, 5.41) is 4.81. The molecular formula is C17H17N3O4S. The SMILES string of the molecule is COc1ccc(S(=O)(=O)N/N=C\c2c[nH]c3ccccc23)cc1OC. The molecule has 1 heterocycles. The summed E-state index contributed by atoms with van der Waals surface area (Å²) in [6, 6.07) is 12.0. The highest BCUT2D eigenvalue weighted by Crippen LogP contribution is 2.29. The predicted octanol–water partition coefficient (Wildman–Crippen LogP) is 2.50. The van der Waals surface area contributed by atoms with E-state index in [-0.39, 0.29) is 4.90 Å². The molecule has 0 saturated carbocycles. The molecule has 3 aromatic rings. The fourth-order valence-electron chi connectivity index (χ4n) is 2.40. The molecule has 0 aliphatic carbocycles. The second-order valence-corrected chi connectivity index (χ2v) is 6.82. The van der Waals surface area contributed by atoms with Crippen LogP contribution in [-0.4, -0.2) is 33.8 Å². The van der Waals surface area contributed by atoms with Crippen LogP contribution in [0.5, 0.6) is 11.5 Å². The summed E-state index contributed by atoms with van der Waals surface area (Å²) in [7, 11) is -0.895. The first kappa shape index (κ1) is 16.8. The van der Waals surface area contributed by atoms with Gasteiger partial charge in [-0.1, -0.05) is 18.2 Å². The van der Waals surface area contributed by atoms with Crippen LogP contribution in [0.15, 0.2) is 58.7 Å². The Morgan fingerprint density at radius 1 is 1.08 bits per heavy atom. The Morgan fingerprint density at radius 3 is 2.60 bits per heavy atom. The summed E-state index contributed by atoms with van der Waals surface area (Å²) in [5.41, 5.74) is 1.73. The molecule has 0 spiro atoms. The van der Waals surface area contributed by atoms with Gasteiger partial charge in [-0.3, -0.25) is 0 Å². The normalized spacial score (nSPS) is 11.8. The van der Waals surface area contributed by atoms with Crippen LogP contribution >= 0.6 is 0 Å². The van der Waals surface area contributed by atoms with Crippen molar-refractivity contribution >= 4 is 27.1 Å². The second kappa shape index (κ2) is 6.86. The summed E-state index contributed by atoms with van der Waals surface area (Å²) in [6.45, 7) is 0. The number of nitrogens with one attached hydrogen (secondary N) is 2. The molecule has 0 aliphatic heterocycles. The lowest BCUT2D eigenvalue weighted by atomic mass is 10.2. The van der Waals surface area contributed by atoms with Crippen LogP contribution in [0.3, 0.4) is 0 Å². The van der Waals surface area contributed by atoms with Gasteiger partial charge in [-0.25, -0.2) is 4.83 Å². The van der Waals surface area contributed by atoms with Crippen molar-refractivity contribution in [1.82, 2.24) is 9.82 Å². The van der Waals surface area contributed by atoms with Crippen molar-refractivity contribution in [3.63, 3.8) is 0 Å². The lowest BCUT2D eigenvalue weighted by Gasteiger charge is -2.09. The minimum Gasteiger partial charge on any atom is -0.493 e. The molecule has 25 heavy (non-hydrogen) atoms. The number of hydrogen-bond acceptors (Lipinski definition) is 5. The number of hydrazone groups is 1. The number of aromatic amines is 1. The van der Waals surface area contributed by atoms with E-state index in [4.69, 9.17) is 9.47 Å². The molecule has 0 amide bonds. The highest BCUT2D eigenvalue weighted by molar-refractivity contribution is 7.89. The molecule has 0 fully saturated rings. The number of nitrogens with zero attached hydrogens (tertiary/aromatic N) is 1. The van der Waals surface area contributed by atoms with E-state index in [1.54, 1.807) is 6.20 Å². The first-order valence-corrected chi connectivity index (χ1v) is 8.86. The molecular weight excluding hydrogens is 342 g/mol. The summed E-state index contributed by atoms with van der Waals surface area (Å²) in [6.07, 6.45) is 3.22. The van der Waals surface area contributed by atoms with Crippen molar-refractivity contribution in [3.05, 3.63) is 54.2 Å². The second-order valence-electron chi connectivity index (χ2n) is 5.16. The molecule has 3 rings (SSSR count). The Bertz CT molecular complexity index is 1030. The summed E-state index contributed by atoms with van der Waals surface area (Å²) in [5.74, 6) is 0.773. The van der Waals surface area contributed by atoms with Crippen LogP contribution in [0, 0.1) is 0 Å². The number of fused-ring (bicyclic) bond motifs is 1. The number of benzene rings is 2. The van der Waals surface area contributed by atoms with E-state index < -0.39 is 10.0 Å². The Balaban J connectivity index is 1.82. The Kier molecular flexibility index (Phi) is 4.62. The van der Waals surface area contributed by atoms with Crippen molar-refractivity contribution in [2.75, 3.05) is 14.2 Å². The van der Waals surface area contributed by atoms with E-state index in [1.807, 2.05) is 24.3 Å². The van der Waals surface area contributed by atoms with Crippen molar-refractivity contribution in [2.24, 2.45) is 5.10 Å². The molecule has 8 heteroatoms. The van der Waals surface area contributed by atoms with Gasteiger partial charge in [0.15, 0.2) is 11.5 Å². The van der Waals surface area contributed by atoms with Gasteiger partial charge in [0, 0.05) is 28.7 Å². The molecule has 0 radical (unpaired) electrons. The monoisotopic (exact) mass is 359 g/mol. The van der Waals surface area contributed by atoms with Gasteiger partial charge in [0.2, 0.25) is 0 Å². The molecule has 0 aliphatic rings. The van der Waals surface area contributed by atoms with E-state index in [2.05, 4.69) is 14.9 Å². The van der Waals surface area contributed by atoms with Gasteiger partial charge in [0.1, 0.15) is 0 Å². The van der Waals surface area contributed by atoms with Crippen molar-refractivity contribution < 1.29 is 17.9 Å². The topological polar surface area (TPSA) is 92.8 Å². The third kappa shape index (κ3) is 3.43. The predicted molar refractivity (Wildman–Crippen MR) is 95.8 cm³/mol. The zero-order valence-corrected chi connectivity index (χ0v) is 14.5. The van der Waals surface area contributed by atoms with Crippen LogP contribution < -0.4 is 14.3 Å². The van der Waals surface area contributed by atoms with E-state index >= 15 is 0 Å². The number of sulfonamides is 1. The number of methoxy groups -OCH3 is 2. The Hall–Kier alpha value is -3.00. The molecule has 130 valence electrons. The highest BCUT2D eigenvalue weighted by Gasteiger charge is 2.16. The number of H-pyrrole nitrogens is 1. The third-order valence-electron chi connectivity index (χ3n) is 3.66. The maximum Gasteiger partial charge on any atom is 0.276 e. The van der Waals surface area contributed by atoms with Crippen LogP contribution in [0.1, 0.15) is 5.56 Å². The first-order valence-electron chi connectivity index (χ1n) is 7.38. The molecule has 0 atom stereocenters. The van der Waals surface area contributed by atoms with Crippen molar-refractivity contribution in [3.8, 4) is 11.5 Å². The fraction of sp³-hybridized carbons (Fsp3) is 0.118. The third-order valence-corrected chi connectivity index (χ3v) is 4.88. The maximum atomic E-state index is 12.4. The number of hydrogen-bond donors (Lipinski definition) is 2. The van der Waals surface area contributed by atoms with Crippen molar-refractivity contribution in [1.29, 1.82) is 0 Å². The van der Waals surface area contributed by atoms with Gasteiger partial charge in [0.25, 0.3) is 10.0 Å². The zero-order chi connectivity index (χ0) is 17.9. The van der Waals surface area contributed by atoms with E-state index in [1.165, 1.54) is 38.6 Å². The summed E-state index contributed by atoms with van der Waals surface area (Å²) in [4.78, 5) is 5.32. The average molecular weight is 359 g/mol. The van der Waals surface area contributed by atoms with Crippen LogP contribution in [0.2, 0.25) is 0 Å². The van der Waals surface area contributed by atoms with Crippen molar-refractivity contribution in [2.45, 2.75) is 4.90 Å². The molecule has 2 aromatic carbocycles. The average Bonchev–Trinajstić information content (AvgIpc) is 3.04. The molecule has 7 nitrogen and oxygen atoms in total.